The van der Waals surface area contributed by atoms with E-state index >= 15 is 0 Å². The molecule has 13 heavy (non-hydrogen) atoms. The van der Waals surface area contributed by atoms with Gasteiger partial charge >= 0.3 is 0 Å². The van der Waals surface area contributed by atoms with Gasteiger partial charge in [-0.25, -0.2) is 0 Å². The van der Waals surface area contributed by atoms with E-state index in [2.05, 4.69) is 27.7 Å². The summed E-state index contributed by atoms with van der Waals surface area (Å²) >= 11 is 0. The third-order valence-corrected chi connectivity index (χ3v) is 4.38. The number of hydrogen-bond acceptors (Lipinski definition) is 1. The van der Waals surface area contributed by atoms with Crippen molar-refractivity contribution in [1.29, 1.82) is 0 Å². The van der Waals surface area contributed by atoms with Gasteiger partial charge in [-0.1, -0.05) is 27.7 Å². The number of rotatable bonds is 4. The highest BCUT2D eigenvalue weighted by atomic mass is 16.5. The van der Waals surface area contributed by atoms with E-state index in [4.69, 9.17) is 4.74 Å². The molecule has 0 aliphatic heterocycles. The van der Waals surface area contributed by atoms with Crippen LogP contribution in [0.5, 0.6) is 0 Å². The molecule has 0 radical (unpaired) electrons. The Morgan fingerprint density at radius 3 is 1.46 bits per heavy atom. The van der Waals surface area contributed by atoms with E-state index in [-0.39, 0.29) is 11.2 Å². The highest BCUT2D eigenvalue weighted by Gasteiger charge is 2.61. The van der Waals surface area contributed by atoms with Crippen LogP contribution in [-0.2, 0) is 4.74 Å². The Labute approximate surface area is 81.9 Å². The molecule has 0 aromatic heterocycles. The van der Waals surface area contributed by atoms with Crippen molar-refractivity contribution in [1.82, 2.24) is 0 Å². The van der Waals surface area contributed by atoms with Crippen molar-refractivity contribution in [2.75, 3.05) is 0 Å². The second-order valence-corrected chi connectivity index (χ2v) is 5.15. The van der Waals surface area contributed by atoms with Crippen molar-refractivity contribution in [3.8, 4) is 0 Å². The monoisotopic (exact) mass is 182 g/mol. The van der Waals surface area contributed by atoms with Gasteiger partial charge in [-0.2, -0.15) is 0 Å². The Hall–Kier alpha value is -0.0400. The lowest BCUT2D eigenvalue weighted by Crippen LogP contribution is -2.27. The van der Waals surface area contributed by atoms with Gasteiger partial charge in [-0.3, -0.25) is 0 Å². The molecule has 0 aromatic carbocycles. The average molecular weight is 182 g/mol. The molecule has 2 aliphatic carbocycles. The lowest BCUT2D eigenvalue weighted by atomic mass is 10.1. The first-order chi connectivity index (χ1) is 6.08. The molecular formula is C12H22O. The van der Waals surface area contributed by atoms with Gasteiger partial charge in [0, 0.05) is 0 Å². The van der Waals surface area contributed by atoms with Crippen LogP contribution in [0.3, 0.4) is 0 Å². The van der Waals surface area contributed by atoms with Gasteiger partial charge in [-0.05, 0) is 37.5 Å². The molecule has 0 spiro atoms. The van der Waals surface area contributed by atoms with Crippen molar-refractivity contribution < 1.29 is 4.74 Å². The highest BCUT2D eigenvalue weighted by Crippen LogP contribution is 2.59. The van der Waals surface area contributed by atoms with E-state index in [1.807, 2.05) is 0 Å². The summed E-state index contributed by atoms with van der Waals surface area (Å²) in [5, 5.41) is 0. The Morgan fingerprint density at radius 1 is 1.00 bits per heavy atom. The second-order valence-electron chi connectivity index (χ2n) is 5.15. The van der Waals surface area contributed by atoms with Gasteiger partial charge in [0.25, 0.3) is 0 Å². The van der Waals surface area contributed by atoms with E-state index in [1.54, 1.807) is 0 Å². The van der Waals surface area contributed by atoms with Gasteiger partial charge in [0.05, 0.1) is 11.2 Å². The lowest BCUT2D eigenvalue weighted by molar-refractivity contribution is -0.0667. The zero-order chi connectivity index (χ0) is 9.69. The summed E-state index contributed by atoms with van der Waals surface area (Å²) < 4.78 is 6.37. The van der Waals surface area contributed by atoms with Gasteiger partial charge in [0.2, 0.25) is 0 Å². The van der Waals surface area contributed by atoms with E-state index in [0.29, 0.717) is 0 Å². The van der Waals surface area contributed by atoms with Gasteiger partial charge in [-0.15, -0.1) is 0 Å². The summed E-state index contributed by atoms with van der Waals surface area (Å²) in [4.78, 5) is 0. The molecule has 0 bridgehead atoms. The van der Waals surface area contributed by atoms with E-state index in [1.165, 1.54) is 25.7 Å². The molecule has 4 atom stereocenters. The smallest absolute Gasteiger partial charge is 0.0717 e. The summed E-state index contributed by atoms with van der Waals surface area (Å²) in [5.41, 5.74) is 0.557. The van der Waals surface area contributed by atoms with Crippen LogP contribution in [0.25, 0.3) is 0 Å². The molecule has 2 rings (SSSR count). The topological polar surface area (TPSA) is 9.23 Å². The molecule has 76 valence electrons. The molecule has 1 nitrogen and oxygen atoms in total. The summed E-state index contributed by atoms with van der Waals surface area (Å²) in [6, 6.07) is 0. The normalized spacial score (nSPS) is 53.5. The van der Waals surface area contributed by atoms with E-state index in [0.717, 1.165) is 11.8 Å². The zero-order valence-corrected chi connectivity index (χ0v) is 9.39. The minimum atomic E-state index is 0.279. The van der Waals surface area contributed by atoms with Crippen LogP contribution in [0.1, 0.15) is 53.4 Å². The lowest BCUT2D eigenvalue weighted by Gasteiger charge is -2.24. The van der Waals surface area contributed by atoms with Crippen LogP contribution in [0.2, 0.25) is 0 Å². The fourth-order valence-electron chi connectivity index (χ4n) is 2.74. The van der Waals surface area contributed by atoms with Crippen molar-refractivity contribution in [3.63, 3.8) is 0 Å². The molecular weight excluding hydrogens is 160 g/mol. The predicted molar refractivity (Wildman–Crippen MR) is 54.7 cm³/mol. The van der Waals surface area contributed by atoms with Crippen LogP contribution in [-0.4, -0.2) is 11.2 Å². The molecule has 2 aliphatic rings. The van der Waals surface area contributed by atoms with Crippen molar-refractivity contribution in [3.05, 3.63) is 0 Å². The summed E-state index contributed by atoms with van der Waals surface area (Å²) in [6.07, 6.45) is 4.97. The first kappa shape index (κ1) is 9.51. The maximum absolute atomic E-state index is 6.37. The fraction of sp³-hybridized carbons (Fsp3) is 1.00. The molecule has 0 N–H and O–H groups in total. The Balaban J connectivity index is 1.98. The maximum atomic E-state index is 6.37. The SMILES string of the molecule is CCC1(OC2(CC)CC2C)CC1C. The van der Waals surface area contributed by atoms with Gasteiger partial charge in [0.1, 0.15) is 0 Å². The van der Waals surface area contributed by atoms with Crippen LogP contribution in [0, 0.1) is 11.8 Å². The second kappa shape index (κ2) is 2.73. The molecule has 1 heteroatoms. The van der Waals surface area contributed by atoms with E-state index < -0.39 is 0 Å². The zero-order valence-electron chi connectivity index (χ0n) is 9.39. The summed E-state index contributed by atoms with van der Waals surface area (Å²) in [5.74, 6) is 1.60. The number of hydrogen-bond donors (Lipinski definition) is 0. The van der Waals surface area contributed by atoms with Gasteiger partial charge < -0.3 is 4.74 Å². The largest absolute Gasteiger partial charge is 0.368 e. The quantitative estimate of drug-likeness (QED) is 0.647. The Bertz CT molecular complexity index is 183. The van der Waals surface area contributed by atoms with Crippen molar-refractivity contribution in [2.24, 2.45) is 11.8 Å². The maximum Gasteiger partial charge on any atom is 0.0717 e. The average Bonchev–Trinajstić information content (AvgIpc) is 2.94. The molecule has 0 amide bonds. The third kappa shape index (κ3) is 1.32. The first-order valence-electron chi connectivity index (χ1n) is 5.79. The first-order valence-corrected chi connectivity index (χ1v) is 5.79. The Morgan fingerprint density at radius 2 is 1.31 bits per heavy atom. The Kier molecular flexibility index (Phi) is 1.99. The predicted octanol–water partition coefficient (Wildman–Crippen LogP) is 3.38. The van der Waals surface area contributed by atoms with E-state index in [9.17, 15) is 0 Å². The van der Waals surface area contributed by atoms with Crippen LogP contribution in [0.15, 0.2) is 0 Å². The minimum Gasteiger partial charge on any atom is -0.368 e. The minimum absolute atomic E-state index is 0.279. The fourth-order valence-corrected chi connectivity index (χ4v) is 2.74. The molecule has 0 heterocycles. The standard InChI is InChI=1S/C12H22O/c1-5-11(7-9(11)3)13-12(6-2)8-10(12)4/h9-10H,5-8H2,1-4H3. The number of ether oxygens (including phenoxy) is 1. The van der Waals surface area contributed by atoms with Gasteiger partial charge in [0.15, 0.2) is 0 Å². The third-order valence-electron chi connectivity index (χ3n) is 4.38. The van der Waals surface area contributed by atoms with Crippen LogP contribution in [0.4, 0.5) is 0 Å². The van der Waals surface area contributed by atoms with Crippen molar-refractivity contribution >= 4 is 0 Å². The summed E-state index contributed by atoms with van der Waals surface area (Å²) in [6.45, 7) is 9.17. The molecule has 0 aromatic rings. The molecule has 4 unspecified atom stereocenters. The van der Waals surface area contributed by atoms with Crippen LogP contribution >= 0.6 is 0 Å². The summed E-state index contributed by atoms with van der Waals surface area (Å²) in [7, 11) is 0. The van der Waals surface area contributed by atoms with Crippen LogP contribution < -0.4 is 0 Å². The molecule has 0 saturated heterocycles. The molecule has 2 saturated carbocycles. The highest BCUT2D eigenvalue weighted by molar-refractivity contribution is 5.10. The van der Waals surface area contributed by atoms with Crippen molar-refractivity contribution in [2.45, 2.75) is 64.6 Å². The molecule has 2 fully saturated rings.